The van der Waals surface area contributed by atoms with Crippen molar-refractivity contribution in [2.24, 2.45) is 5.92 Å². The van der Waals surface area contributed by atoms with E-state index in [4.69, 9.17) is 9.15 Å². The van der Waals surface area contributed by atoms with E-state index >= 15 is 0 Å². The van der Waals surface area contributed by atoms with E-state index in [0.29, 0.717) is 5.89 Å². The smallest absolute Gasteiger partial charge is 0.408 e. The van der Waals surface area contributed by atoms with Gasteiger partial charge >= 0.3 is 6.09 Å². The van der Waals surface area contributed by atoms with Crippen LogP contribution in [0.2, 0.25) is 0 Å². The highest BCUT2D eigenvalue weighted by molar-refractivity contribution is 5.98. The topological polar surface area (TPSA) is 94.3 Å². The lowest BCUT2D eigenvalue weighted by atomic mass is 9.94. The third-order valence-electron chi connectivity index (χ3n) is 4.36. The fourth-order valence-electron chi connectivity index (χ4n) is 2.85. The van der Waals surface area contributed by atoms with Gasteiger partial charge in [-0.2, -0.15) is 0 Å². The van der Waals surface area contributed by atoms with Gasteiger partial charge in [0.25, 0.3) is 5.89 Å². The maximum Gasteiger partial charge on any atom is 0.408 e. The molecule has 1 aliphatic rings. The Bertz CT molecular complexity index is 888. The van der Waals surface area contributed by atoms with E-state index in [0.717, 1.165) is 5.56 Å². The quantitative estimate of drug-likeness (QED) is 0.604. The molecule has 0 saturated carbocycles. The van der Waals surface area contributed by atoms with Crippen molar-refractivity contribution in [3.05, 3.63) is 59.8 Å². The Morgan fingerprint density at radius 3 is 2.29 bits per heavy atom. The van der Waals surface area contributed by atoms with Gasteiger partial charge in [0.1, 0.15) is 17.1 Å². The standard InChI is InChI=1S/C21H25N3O4/c1-13(2)15(22-19(26)28-20(3,4)5)16(25)17-23-24-18(27-17)21(11-12-21)14-9-7-6-8-10-14/h6-13,15H,1-5H3,(H,22,26)/t15-/m0/s1. The van der Waals surface area contributed by atoms with Gasteiger partial charge in [-0.05, 0) is 32.3 Å². The van der Waals surface area contributed by atoms with Crippen LogP contribution in [0.4, 0.5) is 4.79 Å². The highest BCUT2D eigenvalue weighted by atomic mass is 16.6. The number of carbonyl (C=O) groups excluding carboxylic acids is 2. The highest BCUT2D eigenvalue weighted by Crippen LogP contribution is 2.44. The molecule has 0 unspecified atom stereocenters. The van der Waals surface area contributed by atoms with Crippen LogP contribution in [0.15, 0.2) is 46.9 Å². The predicted molar refractivity (Wildman–Crippen MR) is 103 cm³/mol. The minimum Gasteiger partial charge on any atom is -0.444 e. The number of Topliss-reactive ketones (excluding diaryl/α,β-unsaturated/α-hetero) is 1. The molecule has 0 spiro atoms. The van der Waals surface area contributed by atoms with Crippen molar-refractivity contribution >= 4 is 11.9 Å². The van der Waals surface area contributed by atoms with Crippen LogP contribution in [0, 0.1) is 5.92 Å². The van der Waals surface area contributed by atoms with E-state index < -0.39 is 28.9 Å². The second-order valence-electron chi connectivity index (χ2n) is 8.21. The van der Waals surface area contributed by atoms with Gasteiger partial charge in [0, 0.05) is 0 Å². The minimum atomic E-state index is -0.831. The van der Waals surface area contributed by atoms with Crippen molar-refractivity contribution in [3.63, 3.8) is 0 Å². The van der Waals surface area contributed by atoms with Crippen LogP contribution < -0.4 is 5.32 Å². The summed E-state index contributed by atoms with van der Waals surface area (Å²) < 4.78 is 11.0. The molecule has 3 rings (SSSR count). The third kappa shape index (κ3) is 4.13. The molecule has 148 valence electrons. The fourth-order valence-corrected chi connectivity index (χ4v) is 2.85. The van der Waals surface area contributed by atoms with Crippen LogP contribution in [0.3, 0.4) is 0 Å². The summed E-state index contributed by atoms with van der Waals surface area (Å²) in [4.78, 5) is 25.0. The molecule has 1 heterocycles. The Balaban J connectivity index is 1.78. The summed E-state index contributed by atoms with van der Waals surface area (Å²) in [5.74, 6) is -0.420. The average Bonchev–Trinajstić information content (AvgIpc) is 3.28. The lowest BCUT2D eigenvalue weighted by Crippen LogP contribution is -2.46. The molecule has 2 aromatic rings. The maximum atomic E-state index is 12.9. The van der Waals surface area contributed by atoms with Gasteiger partial charge in [-0.15, -0.1) is 10.2 Å². The lowest BCUT2D eigenvalue weighted by molar-refractivity contribution is 0.0472. The predicted octanol–water partition coefficient (Wildman–Crippen LogP) is 3.66. The number of amides is 1. The van der Waals surface area contributed by atoms with Gasteiger partial charge in [-0.1, -0.05) is 56.3 Å². The summed E-state index contributed by atoms with van der Waals surface area (Å²) in [6, 6.07) is 8.89. The van der Waals surface area contributed by atoms with Crippen molar-refractivity contribution in [1.82, 2.24) is 15.5 Å². The number of rotatable bonds is 6. The molecular formula is C21H25N3O4. The van der Waals surface area contributed by atoms with E-state index in [-0.39, 0.29) is 11.8 Å². The molecule has 7 heteroatoms. The first-order chi connectivity index (χ1) is 13.1. The molecule has 1 aromatic carbocycles. The summed E-state index contributed by atoms with van der Waals surface area (Å²) in [6.45, 7) is 8.93. The molecule has 28 heavy (non-hydrogen) atoms. The monoisotopic (exact) mass is 383 g/mol. The minimum absolute atomic E-state index is 0.131. The number of hydrogen-bond donors (Lipinski definition) is 1. The molecule has 1 aliphatic carbocycles. The number of allylic oxidation sites excluding steroid dienone is 2. The van der Waals surface area contributed by atoms with Crippen molar-refractivity contribution in [1.29, 1.82) is 0 Å². The Morgan fingerprint density at radius 2 is 1.75 bits per heavy atom. The normalized spacial score (nSPS) is 15.9. The summed E-state index contributed by atoms with van der Waals surface area (Å²) in [5.41, 5.74) is -0.227. The fraction of sp³-hybridized carbons (Fsp3) is 0.429. The number of nitrogens with zero attached hydrogens (tertiary/aromatic N) is 2. The molecule has 7 nitrogen and oxygen atoms in total. The SMILES string of the molecule is CC(C)[C@H](NC(=O)OC(C)(C)C)C(=O)c1nnc(C2(c3ccccc3)C=C2)o1. The molecular weight excluding hydrogens is 358 g/mol. The summed E-state index contributed by atoms with van der Waals surface area (Å²) in [6.07, 6.45) is 3.23. The first-order valence-electron chi connectivity index (χ1n) is 9.26. The number of carbonyl (C=O) groups is 2. The molecule has 0 saturated heterocycles. The lowest BCUT2D eigenvalue weighted by Gasteiger charge is -2.24. The van der Waals surface area contributed by atoms with E-state index in [1.807, 2.05) is 56.3 Å². The van der Waals surface area contributed by atoms with E-state index in [1.165, 1.54) is 0 Å². The molecule has 1 aromatic heterocycles. The molecule has 0 aliphatic heterocycles. The van der Waals surface area contributed by atoms with Crippen LogP contribution in [0.1, 0.15) is 56.8 Å². The zero-order valence-corrected chi connectivity index (χ0v) is 16.7. The third-order valence-corrected chi connectivity index (χ3v) is 4.36. The number of ketones is 1. The average molecular weight is 383 g/mol. The first-order valence-corrected chi connectivity index (χ1v) is 9.26. The van der Waals surface area contributed by atoms with Crippen LogP contribution >= 0.6 is 0 Å². The molecule has 0 bridgehead atoms. The zero-order valence-electron chi connectivity index (χ0n) is 16.7. The van der Waals surface area contributed by atoms with Gasteiger partial charge in [-0.3, -0.25) is 4.79 Å². The molecule has 1 amide bonds. The summed E-state index contributed by atoms with van der Waals surface area (Å²) in [7, 11) is 0. The van der Waals surface area contributed by atoms with Gasteiger partial charge in [0.15, 0.2) is 0 Å². The Morgan fingerprint density at radius 1 is 1.11 bits per heavy atom. The molecule has 1 atom stereocenters. The van der Waals surface area contributed by atoms with Gasteiger partial charge < -0.3 is 14.5 Å². The number of nitrogens with one attached hydrogen (secondary N) is 1. The zero-order chi connectivity index (χ0) is 20.5. The number of ether oxygens (including phenoxy) is 1. The second kappa shape index (κ2) is 7.22. The molecule has 0 radical (unpaired) electrons. The van der Waals surface area contributed by atoms with Gasteiger partial charge in [0.2, 0.25) is 11.7 Å². The van der Waals surface area contributed by atoms with E-state index in [2.05, 4.69) is 15.5 Å². The number of benzene rings is 1. The van der Waals surface area contributed by atoms with Crippen LogP contribution in [-0.4, -0.2) is 33.7 Å². The Hall–Kier alpha value is -2.96. The Kier molecular flexibility index (Phi) is 5.10. The highest BCUT2D eigenvalue weighted by Gasteiger charge is 2.44. The van der Waals surface area contributed by atoms with Crippen molar-refractivity contribution in [2.45, 2.75) is 51.7 Å². The number of hydrogen-bond acceptors (Lipinski definition) is 6. The van der Waals surface area contributed by atoms with E-state index in [1.54, 1.807) is 20.8 Å². The summed E-state index contributed by atoms with van der Waals surface area (Å²) >= 11 is 0. The largest absolute Gasteiger partial charge is 0.444 e. The maximum absolute atomic E-state index is 12.9. The summed E-state index contributed by atoms with van der Waals surface area (Å²) in [5, 5.41) is 10.6. The first kappa shape index (κ1) is 19.8. The molecule has 1 N–H and O–H groups in total. The van der Waals surface area contributed by atoms with Crippen LogP contribution in [0.5, 0.6) is 0 Å². The van der Waals surface area contributed by atoms with Crippen molar-refractivity contribution in [3.8, 4) is 0 Å². The number of aromatic nitrogens is 2. The molecule has 0 fully saturated rings. The van der Waals surface area contributed by atoms with Gasteiger partial charge in [-0.25, -0.2) is 4.79 Å². The Labute approximate surface area is 164 Å². The number of alkyl carbamates (subject to hydrolysis) is 1. The van der Waals surface area contributed by atoms with Gasteiger partial charge in [0.05, 0.1) is 0 Å². The van der Waals surface area contributed by atoms with E-state index in [9.17, 15) is 9.59 Å². The van der Waals surface area contributed by atoms with Crippen molar-refractivity contribution < 1.29 is 18.7 Å². The second-order valence-corrected chi connectivity index (χ2v) is 8.21. The van der Waals surface area contributed by atoms with Crippen LogP contribution in [0.25, 0.3) is 0 Å². The van der Waals surface area contributed by atoms with Crippen LogP contribution in [-0.2, 0) is 10.2 Å². The van der Waals surface area contributed by atoms with Crippen molar-refractivity contribution in [2.75, 3.05) is 0 Å².